The molecule has 19 heavy (non-hydrogen) atoms. The summed E-state index contributed by atoms with van der Waals surface area (Å²) in [5.41, 5.74) is 1.68. The van der Waals surface area contributed by atoms with Crippen LogP contribution in [0.4, 0.5) is 0 Å². The van der Waals surface area contributed by atoms with Gasteiger partial charge < -0.3 is 9.67 Å². The van der Waals surface area contributed by atoms with Crippen LogP contribution in [-0.2, 0) is 17.8 Å². The first-order chi connectivity index (χ1) is 8.99. The van der Waals surface area contributed by atoms with Gasteiger partial charge >= 0.3 is 5.97 Å². The number of hydrogen-bond acceptors (Lipinski definition) is 3. The Morgan fingerprint density at radius 1 is 1.37 bits per heavy atom. The van der Waals surface area contributed by atoms with Crippen LogP contribution in [0.2, 0.25) is 0 Å². The first-order valence-electron chi connectivity index (χ1n) is 6.15. The van der Waals surface area contributed by atoms with E-state index in [0.717, 1.165) is 18.2 Å². The van der Waals surface area contributed by atoms with Crippen molar-refractivity contribution in [3.63, 3.8) is 0 Å². The number of rotatable bonds is 3. The lowest BCUT2D eigenvalue weighted by molar-refractivity contribution is -0.131. The van der Waals surface area contributed by atoms with E-state index in [1.165, 1.54) is 10.6 Å². The van der Waals surface area contributed by atoms with Gasteiger partial charge in [-0.25, -0.2) is 4.79 Å². The van der Waals surface area contributed by atoms with Gasteiger partial charge in [0.25, 0.3) is 5.56 Å². The largest absolute Gasteiger partial charge is 0.478 e. The van der Waals surface area contributed by atoms with Gasteiger partial charge in [0, 0.05) is 36.4 Å². The van der Waals surface area contributed by atoms with E-state index in [1.807, 2.05) is 0 Å². The van der Waals surface area contributed by atoms with Gasteiger partial charge in [-0.15, -0.1) is 0 Å². The minimum Gasteiger partial charge on any atom is -0.478 e. The van der Waals surface area contributed by atoms with Crippen molar-refractivity contribution in [3.8, 4) is 0 Å². The third-order valence-corrected chi connectivity index (χ3v) is 3.19. The summed E-state index contributed by atoms with van der Waals surface area (Å²) >= 11 is 0. The lowest BCUT2D eigenvalue weighted by Gasteiger charge is -2.20. The third kappa shape index (κ3) is 2.81. The van der Waals surface area contributed by atoms with Gasteiger partial charge in [0.15, 0.2) is 5.78 Å². The molecule has 0 amide bonds. The second-order valence-electron chi connectivity index (χ2n) is 4.72. The number of nitrogens with zero attached hydrogens (tertiary/aromatic N) is 1. The average Bonchev–Trinajstić information content (AvgIpc) is 2.32. The molecule has 0 fully saturated rings. The second kappa shape index (κ2) is 5.22. The fourth-order valence-electron chi connectivity index (χ4n) is 2.37. The summed E-state index contributed by atoms with van der Waals surface area (Å²) in [6, 6.07) is 2.95. The van der Waals surface area contributed by atoms with E-state index in [9.17, 15) is 14.4 Å². The predicted octanol–water partition coefficient (Wildman–Crippen LogP) is 1.40. The molecule has 0 spiro atoms. The number of pyridine rings is 1. The van der Waals surface area contributed by atoms with Crippen LogP contribution in [0.3, 0.4) is 0 Å². The lowest BCUT2D eigenvalue weighted by atomic mass is 9.94. The van der Waals surface area contributed by atoms with Crippen molar-refractivity contribution in [1.82, 2.24) is 4.57 Å². The minimum absolute atomic E-state index is 0.0508. The molecule has 0 bridgehead atoms. The van der Waals surface area contributed by atoms with Crippen molar-refractivity contribution in [3.05, 3.63) is 45.4 Å². The Hall–Kier alpha value is -2.17. The monoisotopic (exact) mass is 261 g/mol. The molecule has 1 aromatic heterocycles. The standard InChI is InChI=1S/C14H15NO4/c1-9(7-14(18)19)8-15-11-3-2-4-12(16)10(11)5-6-13(15)17/h5-7H,2-4,8H2,1H3,(H,18,19)/b9-7-. The van der Waals surface area contributed by atoms with Gasteiger partial charge in [-0.3, -0.25) is 9.59 Å². The van der Waals surface area contributed by atoms with Crippen LogP contribution in [0, 0.1) is 0 Å². The fourth-order valence-corrected chi connectivity index (χ4v) is 2.37. The van der Waals surface area contributed by atoms with Gasteiger partial charge in [-0.1, -0.05) is 0 Å². The molecule has 0 unspecified atom stereocenters. The van der Waals surface area contributed by atoms with Crippen LogP contribution in [0.15, 0.2) is 28.6 Å². The quantitative estimate of drug-likeness (QED) is 0.834. The number of allylic oxidation sites excluding steroid dienone is 1. The van der Waals surface area contributed by atoms with Crippen LogP contribution >= 0.6 is 0 Å². The van der Waals surface area contributed by atoms with Gasteiger partial charge in [0.2, 0.25) is 0 Å². The summed E-state index contributed by atoms with van der Waals surface area (Å²) in [4.78, 5) is 34.3. The molecule has 1 heterocycles. The number of hydrogen-bond donors (Lipinski definition) is 1. The van der Waals surface area contributed by atoms with Crippen LogP contribution in [0.1, 0.15) is 35.8 Å². The molecule has 0 saturated carbocycles. The van der Waals surface area contributed by atoms with Crippen molar-refractivity contribution in [2.75, 3.05) is 0 Å². The molecule has 5 heteroatoms. The number of ketones is 1. The Morgan fingerprint density at radius 3 is 2.79 bits per heavy atom. The molecule has 0 radical (unpaired) electrons. The van der Waals surface area contributed by atoms with E-state index >= 15 is 0 Å². The molecule has 0 aromatic carbocycles. The number of carboxylic acid groups (broad SMARTS) is 1. The lowest BCUT2D eigenvalue weighted by Crippen LogP contribution is -2.28. The molecule has 0 saturated heterocycles. The highest BCUT2D eigenvalue weighted by Gasteiger charge is 2.20. The second-order valence-corrected chi connectivity index (χ2v) is 4.72. The number of aliphatic carboxylic acids is 1. The molecular weight excluding hydrogens is 246 g/mol. The molecule has 1 aliphatic rings. The zero-order valence-electron chi connectivity index (χ0n) is 10.7. The first-order valence-corrected chi connectivity index (χ1v) is 6.15. The molecule has 1 aliphatic carbocycles. The summed E-state index contributed by atoms with van der Waals surface area (Å²) in [6.45, 7) is 1.87. The van der Waals surface area contributed by atoms with E-state index in [2.05, 4.69) is 0 Å². The highest BCUT2D eigenvalue weighted by atomic mass is 16.4. The number of carbonyl (C=O) groups excluding carboxylic acids is 1. The van der Waals surface area contributed by atoms with E-state index in [0.29, 0.717) is 24.0 Å². The summed E-state index contributed by atoms with van der Waals surface area (Å²) in [6.07, 6.45) is 3.00. The van der Waals surface area contributed by atoms with E-state index in [1.54, 1.807) is 13.0 Å². The molecular formula is C14H15NO4. The van der Waals surface area contributed by atoms with E-state index < -0.39 is 5.97 Å². The molecule has 0 aliphatic heterocycles. The molecule has 1 N–H and O–H groups in total. The van der Waals surface area contributed by atoms with Gasteiger partial charge in [-0.05, 0) is 31.4 Å². The average molecular weight is 261 g/mol. The van der Waals surface area contributed by atoms with Gasteiger partial charge in [0.05, 0.1) is 0 Å². The minimum atomic E-state index is -1.04. The Kier molecular flexibility index (Phi) is 3.64. The molecule has 1 aromatic rings. The summed E-state index contributed by atoms with van der Waals surface area (Å²) in [7, 11) is 0. The maximum atomic E-state index is 11.9. The summed E-state index contributed by atoms with van der Waals surface area (Å²) < 4.78 is 1.50. The number of carboxylic acids is 1. The Morgan fingerprint density at radius 2 is 2.11 bits per heavy atom. The Bertz CT molecular complexity index is 625. The van der Waals surface area contributed by atoms with Gasteiger partial charge in [0.1, 0.15) is 0 Å². The normalized spacial score (nSPS) is 15.2. The maximum Gasteiger partial charge on any atom is 0.328 e. The maximum absolute atomic E-state index is 11.9. The fraction of sp³-hybridized carbons (Fsp3) is 0.357. The predicted molar refractivity (Wildman–Crippen MR) is 69.4 cm³/mol. The van der Waals surface area contributed by atoms with Crippen molar-refractivity contribution < 1.29 is 14.7 Å². The number of carbonyl (C=O) groups is 2. The van der Waals surface area contributed by atoms with Gasteiger partial charge in [-0.2, -0.15) is 0 Å². The smallest absolute Gasteiger partial charge is 0.328 e. The number of Topliss-reactive ketones (excluding diaryl/α,β-unsaturated/α-hetero) is 1. The van der Waals surface area contributed by atoms with Crippen molar-refractivity contribution in [2.24, 2.45) is 0 Å². The number of aromatic nitrogens is 1. The third-order valence-electron chi connectivity index (χ3n) is 3.19. The summed E-state index contributed by atoms with van der Waals surface area (Å²) in [5, 5.41) is 8.69. The topological polar surface area (TPSA) is 76.4 Å². The van der Waals surface area contributed by atoms with Crippen LogP contribution < -0.4 is 5.56 Å². The highest BCUT2D eigenvalue weighted by Crippen LogP contribution is 2.20. The highest BCUT2D eigenvalue weighted by molar-refractivity contribution is 5.98. The zero-order valence-corrected chi connectivity index (χ0v) is 10.7. The molecule has 2 rings (SSSR count). The first kappa shape index (κ1) is 13.3. The zero-order chi connectivity index (χ0) is 14.0. The Labute approximate surface area is 110 Å². The van der Waals surface area contributed by atoms with Crippen molar-refractivity contribution in [1.29, 1.82) is 0 Å². The molecule has 100 valence electrons. The van der Waals surface area contributed by atoms with Crippen LogP contribution in [0.5, 0.6) is 0 Å². The molecule has 5 nitrogen and oxygen atoms in total. The van der Waals surface area contributed by atoms with E-state index in [-0.39, 0.29) is 17.9 Å². The molecule has 0 atom stereocenters. The van der Waals surface area contributed by atoms with Crippen LogP contribution in [0.25, 0.3) is 0 Å². The Balaban J connectivity index is 2.46. The van der Waals surface area contributed by atoms with Crippen LogP contribution in [-0.4, -0.2) is 21.4 Å². The van der Waals surface area contributed by atoms with Crippen molar-refractivity contribution >= 4 is 11.8 Å². The SMILES string of the molecule is C/C(=C/C(=O)O)Cn1c2c(ccc1=O)C(=O)CCC2. The number of fused-ring (bicyclic) bond motifs is 1. The van der Waals surface area contributed by atoms with E-state index in [4.69, 9.17) is 5.11 Å². The van der Waals surface area contributed by atoms with Crippen molar-refractivity contribution in [2.45, 2.75) is 32.7 Å². The summed E-state index contributed by atoms with van der Waals surface area (Å²) in [5.74, 6) is -0.985.